The van der Waals surface area contributed by atoms with E-state index < -0.39 is 37.1 Å². The average molecular weight is 604 g/mol. The number of carbonyl (C=O) groups excluding carboxylic acids is 1. The normalized spacial score (nSPS) is 22.5. The zero-order valence-electron chi connectivity index (χ0n) is 24.2. The van der Waals surface area contributed by atoms with E-state index in [2.05, 4.69) is 54.8 Å². The molecule has 0 aliphatic carbocycles. The van der Waals surface area contributed by atoms with Crippen LogP contribution in [-0.2, 0) is 9.47 Å². The van der Waals surface area contributed by atoms with Crippen molar-refractivity contribution in [3.63, 3.8) is 0 Å². The first-order chi connectivity index (χ1) is 21.5. The molecule has 2 aliphatic rings. The number of carbonyl (C=O) groups is 1. The molecular weight excluding hydrogens is 566 g/mol. The van der Waals surface area contributed by atoms with Crippen molar-refractivity contribution in [2.75, 3.05) is 57.9 Å². The zero-order chi connectivity index (χ0) is 30.5. The van der Waals surface area contributed by atoms with Crippen LogP contribution in [0.1, 0.15) is 33.9 Å². The molecule has 44 heavy (non-hydrogen) atoms. The Labute approximate surface area is 254 Å². The summed E-state index contributed by atoms with van der Waals surface area (Å²) in [6, 6.07) is 20.2. The fourth-order valence-corrected chi connectivity index (χ4v) is 5.67. The van der Waals surface area contributed by atoms with Gasteiger partial charge in [-0.15, -0.1) is 0 Å². The summed E-state index contributed by atoms with van der Waals surface area (Å²) < 4.78 is 12.6. The Hall–Kier alpha value is -3.98. The highest BCUT2D eigenvalue weighted by Crippen LogP contribution is 2.33. The molecule has 5 N–H and O–H groups in total. The predicted octanol–water partition coefficient (Wildman–Crippen LogP) is 0.744. The molecule has 13 heteroatoms. The highest BCUT2D eigenvalue weighted by Gasteiger charge is 2.44. The SMILES string of the molecule is O=C(NCCN1CCOCC1)c1nc(NCC(c2ccccc2)c2ccccc2)c2ncn([C@@H]3OC(CO)C(O)[C@H]3O)c2n1. The number of rotatable bonds is 11. The summed E-state index contributed by atoms with van der Waals surface area (Å²) in [5.41, 5.74) is 2.82. The number of aliphatic hydroxyl groups is 3. The van der Waals surface area contributed by atoms with Gasteiger partial charge in [0, 0.05) is 38.6 Å². The number of hydrogen-bond donors (Lipinski definition) is 5. The van der Waals surface area contributed by atoms with Gasteiger partial charge in [0.05, 0.1) is 26.1 Å². The fraction of sp³-hybridized carbons (Fsp3) is 0.419. The Bertz CT molecular complexity index is 1490. The molecule has 4 heterocycles. The van der Waals surface area contributed by atoms with Crippen LogP contribution in [0.2, 0.25) is 0 Å². The maximum atomic E-state index is 13.3. The third kappa shape index (κ3) is 6.43. The minimum absolute atomic E-state index is 0.0317. The van der Waals surface area contributed by atoms with E-state index in [1.165, 1.54) is 10.9 Å². The monoisotopic (exact) mass is 603 g/mol. The number of morpholine rings is 1. The van der Waals surface area contributed by atoms with E-state index in [4.69, 9.17) is 9.47 Å². The summed E-state index contributed by atoms with van der Waals surface area (Å²) >= 11 is 0. The lowest BCUT2D eigenvalue weighted by atomic mass is 9.91. The lowest BCUT2D eigenvalue weighted by Gasteiger charge is -2.26. The molecule has 0 saturated carbocycles. The smallest absolute Gasteiger partial charge is 0.289 e. The Kier molecular flexibility index (Phi) is 9.40. The van der Waals surface area contributed by atoms with Crippen LogP contribution in [0.3, 0.4) is 0 Å². The summed E-state index contributed by atoms with van der Waals surface area (Å²) in [6.07, 6.45) is -3.28. The standard InChI is InChI=1S/C31H37N7O6/c39-18-23-25(40)26(41)31(44-23)38-19-34-24-27(33-17-22(20-7-3-1-4-8-20)21-9-5-2-6-10-21)35-28(36-29(24)38)30(42)32-11-12-37-13-15-43-16-14-37/h1-10,19,22-23,25-26,31,39-41H,11-18H2,(H,32,42)(H,33,35,36)/t23?,25?,26-,31-/m1/s1. The number of nitrogens with zero attached hydrogens (tertiary/aromatic N) is 5. The third-order valence-corrected chi connectivity index (χ3v) is 8.11. The number of hydrogen-bond acceptors (Lipinski definition) is 11. The number of aliphatic hydroxyl groups excluding tert-OH is 3. The number of benzene rings is 2. The van der Waals surface area contributed by atoms with Crippen molar-refractivity contribution in [1.29, 1.82) is 0 Å². The van der Waals surface area contributed by atoms with Crippen LogP contribution in [0.25, 0.3) is 11.2 Å². The number of imidazole rings is 1. The van der Waals surface area contributed by atoms with Crippen molar-refractivity contribution in [3.05, 3.63) is 83.9 Å². The predicted molar refractivity (Wildman–Crippen MR) is 161 cm³/mol. The van der Waals surface area contributed by atoms with Gasteiger partial charge in [-0.3, -0.25) is 14.3 Å². The molecule has 2 saturated heterocycles. The fourth-order valence-electron chi connectivity index (χ4n) is 5.67. The molecule has 0 radical (unpaired) electrons. The lowest BCUT2D eigenvalue weighted by molar-refractivity contribution is -0.0511. The van der Waals surface area contributed by atoms with Gasteiger partial charge in [0.1, 0.15) is 18.3 Å². The third-order valence-electron chi connectivity index (χ3n) is 8.11. The van der Waals surface area contributed by atoms with E-state index in [-0.39, 0.29) is 17.4 Å². The van der Waals surface area contributed by atoms with Gasteiger partial charge in [-0.25, -0.2) is 15.0 Å². The first-order valence-electron chi connectivity index (χ1n) is 14.8. The van der Waals surface area contributed by atoms with E-state index in [1.807, 2.05) is 36.4 Å². The summed E-state index contributed by atoms with van der Waals surface area (Å²) in [6.45, 7) is 3.99. The quantitative estimate of drug-likeness (QED) is 0.164. The van der Waals surface area contributed by atoms with E-state index >= 15 is 0 Å². The van der Waals surface area contributed by atoms with Crippen LogP contribution in [-0.4, -0.2) is 117 Å². The molecule has 4 aromatic rings. The highest BCUT2D eigenvalue weighted by molar-refractivity contribution is 5.94. The van der Waals surface area contributed by atoms with Crippen molar-refractivity contribution < 1.29 is 29.6 Å². The van der Waals surface area contributed by atoms with Gasteiger partial charge in [0.15, 0.2) is 23.2 Å². The zero-order valence-corrected chi connectivity index (χ0v) is 24.2. The van der Waals surface area contributed by atoms with E-state index in [9.17, 15) is 20.1 Å². The number of amides is 1. The van der Waals surface area contributed by atoms with Gasteiger partial charge in [0.25, 0.3) is 5.91 Å². The molecule has 0 spiro atoms. The largest absolute Gasteiger partial charge is 0.394 e. The molecule has 1 amide bonds. The molecule has 2 fully saturated rings. The molecule has 2 unspecified atom stereocenters. The molecule has 0 bridgehead atoms. The Balaban J connectivity index is 1.31. The van der Waals surface area contributed by atoms with Gasteiger partial charge >= 0.3 is 0 Å². The molecule has 2 aromatic carbocycles. The molecule has 4 atom stereocenters. The van der Waals surface area contributed by atoms with Crippen LogP contribution in [0.4, 0.5) is 5.82 Å². The first kappa shape index (κ1) is 30.1. The second-order valence-corrected chi connectivity index (χ2v) is 10.9. The van der Waals surface area contributed by atoms with Crippen LogP contribution in [0, 0.1) is 0 Å². The van der Waals surface area contributed by atoms with Crippen LogP contribution < -0.4 is 10.6 Å². The number of anilines is 1. The molecular formula is C31H37N7O6. The molecule has 13 nitrogen and oxygen atoms in total. The van der Waals surface area contributed by atoms with Gasteiger partial charge in [-0.2, -0.15) is 0 Å². The first-order valence-corrected chi connectivity index (χ1v) is 14.8. The Morgan fingerprint density at radius 3 is 2.30 bits per heavy atom. The summed E-state index contributed by atoms with van der Waals surface area (Å²) in [4.78, 5) is 29.2. The van der Waals surface area contributed by atoms with Crippen molar-refractivity contribution in [1.82, 2.24) is 29.7 Å². The minimum atomic E-state index is -1.35. The number of aromatic nitrogens is 4. The molecule has 2 aromatic heterocycles. The van der Waals surface area contributed by atoms with Crippen LogP contribution in [0.5, 0.6) is 0 Å². The molecule has 232 valence electrons. The van der Waals surface area contributed by atoms with Gasteiger partial charge in [-0.1, -0.05) is 60.7 Å². The minimum Gasteiger partial charge on any atom is -0.394 e. The van der Waals surface area contributed by atoms with Crippen molar-refractivity contribution in [2.24, 2.45) is 0 Å². The van der Waals surface area contributed by atoms with Crippen molar-refractivity contribution in [2.45, 2.75) is 30.5 Å². The number of fused-ring (bicyclic) bond motifs is 1. The highest BCUT2D eigenvalue weighted by atomic mass is 16.6. The van der Waals surface area contributed by atoms with E-state index in [0.717, 1.165) is 24.2 Å². The Morgan fingerprint density at radius 1 is 0.977 bits per heavy atom. The van der Waals surface area contributed by atoms with E-state index in [1.54, 1.807) is 0 Å². The second kappa shape index (κ2) is 13.8. The second-order valence-electron chi connectivity index (χ2n) is 10.9. The molecule has 2 aliphatic heterocycles. The van der Waals surface area contributed by atoms with Gasteiger partial charge in [-0.05, 0) is 11.1 Å². The van der Waals surface area contributed by atoms with Crippen LogP contribution >= 0.6 is 0 Å². The van der Waals surface area contributed by atoms with Crippen LogP contribution in [0.15, 0.2) is 67.0 Å². The lowest BCUT2D eigenvalue weighted by Crippen LogP contribution is -2.41. The Morgan fingerprint density at radius 2 is 1.66 bits per heavy atom. The van der Waals surface area contributed by atoms with E-state index in [0.29, 0.717) is 44.2 Å². The molecule has 6 rings (SSSR count). The maximum Gasteiger partial charge on any atom is 0.289 e. The van der Waals surface area contributed by atoms with Crippen molar-refractivity contribution in [3.8, 4) is 0 Å². The van der Waals surface area contributed by atoms with Gasteiger partial charge < -0.3 is 35.4 Å². The average Bonchev–Trinajstić information content (AvgIpc) is 3.62. The summed E-state index contributed by atoms with van der Waals surface area (Å²) in [5, 5.41) is 37.0. The number of ether oxygens (including phenoxy) is 2. The van der Waals surface area contributed by atoms with Gasteiger partial charge in [0.2, 0.25) is 5.82 Å². The maximum absolute atomic E-state index is 13.3. The summed E-state index contributed by atoms with van der Waals surface area (Å²) in [7, 11) is 0. The summed E-state index contributed by atoms with van der Waals surface area (Å²) in [5.74, 6) is -0.224. The topological polar surface area (TPSA) is 167 Å². The van der Waals surface area contributed by atoms with Crippen molar-refractivity contribution >= 4 is 22.9 Å². The number of nitrogens with one attached hydrogen (secondary N) is 2.